The van der Waals surface area contributed by atoms with Crippen molar-refractivity contribution in [2.75, 3.05) is 39.5 Å². The quantitative estimate of drug-likeness (QED) is 0.502. The number of fused-ring (bicyclic) bond motifs is 1. The van der Waals surface area contributed by atoms with Gasteiger partial charge in [0, 0.05) is 11.9 Å². The molecule has 1 aliphatic heterocycles. The van der Waals surface area contributed by atoms with Crippen molar-refractivity contribution in [3.8, 4) is 5.75 Å². The summed E-state index contributed by atoms with van der Waals surface area (Å²) in [4.78, 5) is 20.7. The van der Waals surface area contributed by atoms with Crippen molar-refractivity contribution in [3.63, 3.8) is 0 Å². The third-order valence-corrected chi connectivity index (χ3v) is 5.21. The molecule has 7 nitrogen and oxygen atoms in total. The van der Waals surface area contributed by atoms with Crippen LogP contribution in [0.25, 0.3) is 10.8 Å². The van der Waals surface area contributed by atoms with E-state index in [9.17, 15) is 0 Å². The van der Waals surface area contributed by atoms with E-state index >= 15 is 0 Å². The Kier molecular flexibility index (Phi) is 9.86. The summed E-state index contributed by atoms with van der Waals surface area (Å²) in [6, 6.07) is 12.0. The minimum absolute atomic E-state index is 0.519. The van der Waals surface area contributed by atoms with Crippen molar-refractivity contribution in [2.24, 2.45) is 5.92 Å². The summed E-state index contributed by atoms with van der Waals surface area (Å²) in [6.45, 7) is 7.63. The van der Waals surface area contributed by atoms with E-state index in [2.05, 4.69) is 17.9 Å². The molecule has 0 aliphatic carbocycles. The van der Waals surface area contributed by atoms with Crippen LogP contribution < -0.4 is 4.74 Å². The summed E-state index contributed by atoms with van der Waals surface area (Å²) in [5.41, 5.74) is 0. The van der Waals surface area contributed by atoms with Crippen LogP contribution in [0, 0.1) is 5.92 Å². The lowest BCUT2D eigenvalue weighted by atomic mass is 9.99. The number of aliphatic carboxylic acids is 2. The number of benzene rings is 2. The fourth-order valence-corrected chi connectivity index (χ4v) is 3.37. The molecule has 0 bridgehead atoms. The van der Waals surface area contributed by atoms with Gasteiger partial charge in [-0.1, -0.05) is 48.9 Å². The first-order valence-corrected chi connectivity index (χ1v) is 10.3. The lowest BCUT2D eigenvalue weighted by molar-refractivity contribution is -0.159. The molecule has 3 rings (SSSR count). The van der Waals surface area contributed by atoms with E-state index in [0.29, 0.717) is 18.2 Å². The lowest BCUT2D eigenvalue weighted by Gasteiger charge is -2.29. The first-order valence-electron chi connectivity index (χ1n) is 9.95. The van der Waals surface area contributed by atoms with Crippen LogP contribution in [0.4, 0.5) is 0 Å². The molecule has 0 amide bonds. The Bertz CT molecular complexity index is 823. The summed E-state index contributed by atoms with van der Waals surface area (Å²) in [5, 5.41) is 17.6. The van der Waals surface area contributed by atoms with Gasteiger partial charge in [-0.2, -0.15) is 0 Å². The Labute approximate surface area is 181 Å². The minimum atomic E-state index is -1.82. The zero-order chi connectivity index (χ0) is 21.9. The number of piperidine rings is 1. The number of rotatable bonds is 7. The fourth-order valence-electron chi connectivity index (χ4n) is 3.15. The SMILES string of the molecule is CC1CCN(CCOCCOc2c(Cl)ccc3ccccc23)CC1.O=C(O)C(=O)O. The number of carboxylic acid groups (broad SMARTS) is 2. The van der Waals surface area contributed by atoms with E-state index in [1.165, 1.54) is 25.9 Å². The number of hydrogen-bond donors (Lipinski definition) is 2. The number of halogens is 1. The maximum Gasteiger partial charge on any atom is 0.414 e. The second kappa shape index (κ2) is 12.4. The predicted molar refractivity (Wildman–Crippen MR) is 115 cm³/mol. The van der Waals surface area contributed by atoms with Gasteiger partial charge in [0.2, 0.25) is 0 Å². The molecule has 8 heteroatoms. The molecular formula is C22H28ClNO6. The third-order valence-electron chi connectivity index (χ3n) is 4.92. The zero-order valence-electron chi connectivity index (χ0n) is 17.1. The second-order valence-corrected chi connectivity index (χ2v) is 7.60. The fraction of sp³-hybridized carbons (Fsp3) is 0.455. The molecule has 1 fully saturated rings. The maximum atomic E-state index is 9.10. The highest BCUT2D eigenvalue weighted by atomic mass is 35.5. The molecule has 1 aliphatic rings. The van der Waals surface area contributed by atoms with Crippen molar-refractivity contribution < 1.29 is 29.3 Å². The third kappa shape index (κ3) is 7.82. The predicted octanol–water partition coefficient (Wildman–Crippen LogP) is 3.78. The van der Waals surface area contributed by atoms with Crippen LogP contribution in [-0.2, 0) is 14.3 Å². The number of carbonyl (C=O) groups is 2. The summed E-state index contributed by atoms with van der Waals surface area (Å²) in [7, 11) is 0. The average Bonchev–Trinajstić information content (AvgIpc) is 2.73. The highest BCUT2D eigenvalue weighted by Gasteiger charge is 2.14. The van der Waals surface area contributed by atoms with Gasteiger partial charge in [0.25, 0.3) is 0 Å². The topological polar surface area (TPSA) is 96.3 Å². The van der Waals surface area contributed by atoms with E-state index in [0.717, 1.165) is 35.6 Å². The van der Waals surface area contributed by atoms with E-state index in [1.807, 2.05) is 30.3 Å². The largest absolute Gasteiger partial charge is 0.489 e. The molecule has 0 saturated carbocycles. The molecular weight excluding hydrogens is 410 g/mol. The number of ether oxygens (including phenoxy) is 2. The number of nitrogens with zero attached hydrogens (tertiary/aromatic N) is 1. The summed E-state index contributed by atoms with van der Waals surface area (Å²) >= 11 is 6.28. The van der Waals surface area contributed by atoms with E-state index in [1.54, 1.807) is 0 Å². The Balaban J connectivity index is 0.000000469. The summed E-state index contributed by atoms with van der Waals surface area (Å²) < 4.78 is 11.6. The summed E-state index contributed by atoms with van der Waals surface area (Å²) in [5.74, 6) is -2.02. The van der Waals surface area contributed by atoms with Crippen LogP contribution in [-0.4, -0.2) is 66.5 Å². The molecule has 164 valence electrons. The Hall–Kier alpha value is -2.35. The van der Waals surface area contributed by atoms with Crippen molar-refractivity contribution in [2.45, 2.75) is 19.8 Å². The molecule has 0 aromatic heterocycles. The minimum Gasteiger partial charge on any atom is -0.489 e. The van der Waals surface area contributed by atoms with Crippen LogP contribution in [0.2, 0.25) is 5.02 Å². The highest BCUT2D eigenvalue weighted by Crippen LogP contribution is 2.33. The smallest absolute Gasteiger partial charge is 0.414 e. The first kappa shape index (κ1) is 23.9. The van der Waals surface area contributed by atoms with Crippen molar-refractivity contribution in [1.82, 2.24) is 4.90 Å². The number of carboxylic acids is 2. The Morgan fingerprint density at radius 2 is 1.70 bits per heavy atom. The second-order valence-electron chi connectivity index (χ2n) is 7.19. The molecule has 0 unspecified atom stereocenters. The molecule has 0 radical (unpaired) electrons. The highest BCUT2D eigenvalue weighted by molar-refractivity contribution is 6.33. The van der Waals surface area contributed by atoms with Crippen LogP contribution in [0.3, 0.4) is 0 Å². The zero-order valence-corrected chi connectivity index (χ0v) is 17.8. The normalized spacial score (nSPS) is 14.7. The van der Waals surface area contributed by atoms with Gasteiger partial charge in [-0.15, -0.1) is 0 Å². The van der Waals surface area contributed by atoms with Crippen molar-refractivity contribution >= 4 is 34.3 Å². The first-order chi connectivity index (χ1) is 14.4. The number of likely N-dealkylation sites (tertiary alicyclic amines) is 1. The van der Waals surface area contributed by atoms with Gasteiger partial charge in [-0.25, -0.2) is 9.59 Å². The van der Waals surface area contributed by atoms with Crippen molar-refractivity contribution in [3.05, 3.63) is 41.4 Å². The Morgan fingerprint density at radius 3 is 2.37 bits per heavy atom. The molecule has 1 heterocycles. The molecule has 2 N–H and O–H groups in total. The van der Waals surface area contributed by atoms with Gasteiger partial charge in [0.1, 0.15) is 12.4 Å². The molecule has 0 atom stereocenters. The van der Waals surface area contributed by atoms with E-state index in [-0.39, 0.29) is 0 Å². The standard InChI is InChI=1S/C20H26ClNO2.C2H2O4/c1-16-8-10-22(11-9-16)12-13-23-14-15-24-20-18-5-3-2-4-17(18)6-7-19(20)21;3-1(4)2(5)6/h2-7,16H,8-15H2,1H3;(H,3,4)(H,5,6). The van der Waals surface area contributed by atoms with Crippen molar-refractivity contribution in [1.29, 1.82) is 0 Å². The van der Waals surface area contributed by atoms with Gasteiger partial charge in [0.05, 0.1) is 18.2 Å². The van der Waals surface area contributed by atoms with Gasteiger partial charge < -0.3 is 24.6 Å². The van der Waals surface area contributed by atoms with Crippen LogP contribution in [0.5, 0.6) is 5.75 Å². The van der Waals surface area contributed by atoms with Gasteiger partial charge in [-0.05, 0) is 43.3 Å². The monoisotopic (exact) mass is 437 g/mol. The average molecular weight is 438 g/mol. The van der Waals surface area contributed by atoms with Crippen LogP contribution in [0.1, 0.15) is 19.8 Å². The number of hydrogen-bond acceptors (Lipinski definition) is 5. The molecule has 1 saturated heterocycles. The van der Waals surface area contributed by atoms with Gasteiger partial charge in [-0.3, -0.25) is 0 Å². The van der Waals surface area contributed by atoms with Crippen LogP contribution >= 0.6 is 11.6 Å². The molecule has 2 aromatic carbocycles. The van der Waals surface area contributed by atoms with E-state index in [4.69, 9.17) is 40.9 Å². The van der Waals surface area contributed by atoms with E-state index < -0.39 is 11.9 Å². The van der Waals surface area contributed by atoms with Gasteiger partial charge >= 0.3 is 11.9 Å². The van der Waals surface area contributed by atoms with Gasteiger partial charge in [0.15, 0.2) is 0 Å². The lowest BCUT2D eigenvalue weighted by Crippen LogP contribution is -2.35. The molecule has 30 heavy (non-hydrogen) atoms. The molecule has 0 spiro atoms. The van der Waals surface area contributed by atoms with Crippen LogP contribution in [0.15, 0.2) is 36.4 Å². The Morgan fingerprint density at radius 1 is 1.03 bits per heavy atom. The maximum absolute atomic E-state index is 9.10. The molecule has 2 aromatic rings. The summed E-state index contributed by atoms with van der Waals surface area (Å²) in [6.07, 6.45) is 2.62.